The summed E-state index contributed by atoms with van der Waals surface area (Å²) in [5, 5.41) is 3.51. The first-order valence-corrected chi connectivity index (χ1v) is 9.05. The number of benzene rings is 2. The van der Waals surface area contributed by atoms with Gasteiger partial charge in [0.25, 0.3) is 0 Å². The van der Waals surface area contributed by atoms with Crippen LogP contribution in [0.4, 0.5) is 20.2 Å². The quantitative estimate of drug-likeness (QED) is 0.413. The van der Waals surface area contributed by atoms with Crippen molar-refractivity contribution in [2.45, 2.75) is 6.92 Å². The van der Waals surface area contributed by atoms with Gasteiger partial charge in [0.15, 0.2) is 0 Å². The van der Waals surface area contributed by atoms with Crippen molar-refractivity contribution < 1.29 is 8.78 Å². The van der Waals surface area contributed by atoms with Gasteiger partial charge in [0.2, 0.25) is 0 Å². The third-order valence-electron chi connectivity index (χ3n) is 4.25. The highest BCUT2D eigenvalue weighted by Crippen LogP contribution is 2.36. The standard InChI is InChI=1S/C21H14BrF2N3/c1-12-20(17-7-2-3-8-25-17)27-18-11-14(23)10-16(24)19(18)21(12)26-15-6-4-5-13(22)9-15/h2-11H,1H3,(H,26,27). The molecule has 0 bridgehead atoms. The molecule has 134 valence electrons. The number of nitrogens with one attached hydrogen (secondary N) is 1. The Bertz CT molecular complexity index is 1150. The zero-order valence-corrected chi connectivity index (χ0v) is 15.9. The van der Waals surface area contributed by atoms with E-state index < -0.39 is 11.6 Å². The number of aromatic nitrogens is 2. The predicted molar refractivity (Wildman–Crippen MR) is 107 cm³/mol. The summed E-state index contributed by atoms with van der Waals surface area (Å²) in [6.45, 7) is 1.85. The molecular weight excluding hydrogens is 412 g/mol. The van der Waals surface area contributed by atoms with Crippen LogP contribution in [0, 0.1) is 18.6 Å². The van der Waals surface area contributed by atoms with E-state index in [2.05, 4.69) is 31.2 Å². The Morgan fingerprint density at radius 3 is 2.59 bits per heavy atom. The fraction of sp³-hybridized carbons (Fsp3) is 0.0476. The van der Waals surface area contributed by atoms with E-state index in [-0.39, 0.29) is 10.9 Å². The van der Waals surface area contributed by atoms with Crippen molar-refractivity contribution in [3.05, 3.63) is 82.5 Å². The summed E-state index contributed by atoms with van der Waals surface area (Å²) in [6, 6.07) is 15.1. The van der Waals surface area contributed by atoms with Crippen molar-refractivity contribution in [2.75, 3.05) is 5.32 Å². The van der Waals surface area contributed by atoms with Crippen molar-refractivity contribution in [1.82, 2.24) is 9.97 Å². The number of pyridine rings is 2. The van der Waals surface area contributed by atoms with Crippen LogP contribution in [0.2, 0.25) is 0 Å². The van der Waals surface area contributed by atoms with E-state index in [1.54, 1.807) is 12.3 Å². The fourth-order valence-corrected chi connectivity index (χ4v) is 3.42. The molecule has 0 radical (unpaired) electrons. The Balaban J connectivity index is 2.01. The van der Waals surface area contributed by atoms with Crippen molar-refractivity contribution >= 4 is 38.2 Å². The number of fused-ring (bicyclic) bond motifs is 1. The van der Waals surface area contributed by atoms with Gasteiger partial charge in [-0.05, 0) is 37.3 Å². The molecule has 27 heavy (non-hydrogen) atoms. The van der Waals surface area contributed by atoms with Gasteiger partial charge in [-0.3, -0.25) is 4.98 Å². The molecule has 2 aromatic heterocycles. The summed E-state index contributed by atoms with van der Waals surface area (Å²) < 4.78 is 29.4. The average molecular weight is 426 g/mol. The molecule has 0 spiro atoms. The van der Waals surface area contributed by atoms with E-state index in [9.17, 15) is 8.78 Å². The molecule has 3 nitrogen and oxygen atoms in total. The van der Waals surface area contributed by atoms with Gasteiger partial charge >= 0.3 is 0 Å². The number of hydrogen-bond acceptors (Lipinski definition) is 3. The molecule has 2 heterocycles. The molecule has 4 aromatic rings. The van der Waals surface area contributed by atoms with E-state index in [4.69, 9.17) is 0 Å². The summed E-state index contributed by atoms with van der Waals surface area (Å²) in [5.41, 5.74) is 3.49. The Hall–Kier alpha value is -2.86. The minimum absolute atomic E-state index is 0.233. The monoisotopic (exact) mass is 425 g/mol. The third-order valence-corrected chi connectivity index (χ3v) is 4.74. The van der Waals surface area contributed by atoms with Gasteiger partial charge in [0.1, 0.15) is 11.6 Å². The first-order chi connectivity index (χ1) is 13.0. The van der Waals surface area contributed by atoms with Gasteiger partial charge in [-0.25, -0.2) is 13.8 Å². The van der Waals surface area contributed by atoms with Gasteiger partial charge in [-0.1, -0.05) is 28.1 Å². The molecule has 0 aliphatic rings. The van der Waals surface area contributed by atoms with Crippen LogP contribution in [0.15, 0.2) is 65.3 Å². The Morgan fingerprint density at radius 1 is 1.00 bits per heavy atom. The summed E-state index contributed by atoms with van der Waals surface area (Å²) in [5.74, 6) is -1.33. The van der Waals surface area contributed by atoms with Crippen molar-refractivity contribution in [3.63, 3.8) is 0 Å². The van der Waals surface area contributed by atoms with Crippen molar-refractivity contribution in [3.8, 4) is 11.4 Å². The molecule has 0 unspecified atom stereocenters. The number of hydrogen-bond donors (Lipinski definition) is 1. The van der Waals surface area contributed by atoms with Gasteiger partial charge < -0.3 is 5.32 Å². The van der Waals surface area contributed by atoms with Gasteiger partial charge in [-0.15, -0.1) is 0 Å². The fourth-order valence-electron chi connectivity index (χ4n) is 3.02. The van der Waals surface area contributed by atoms with Crippen LogP contribution in [0.3, 0.4) is 0 Å². The predicted octanol–water partition coefficient (Wildman–Crippen LogP) is 6.39. The largest absolute Gasteiger partial charge is 0.355 e. The zero-order chi connectivity index (χ0) is 19.0. The normalized spacial score (nSPS) is 11.0. The lowest BCUT2D eigenvalue weighted by Crippen LogP contribution is -2.02. The number of rotatable bonds is 3. The Morgan fingerprint density at radius 2 is 1.85 bits per heavy atom. The molecule has 4 rings (SSSR count). The maximum atomic E-state index is 14.7. The summed E-state index contributed by atoms with van der Waals surface area (Å²) in [4.78, 5) is 8.83. The first-order valence-electron chi connectivity index (χ1n) is 8.26. The highest BCUT2D eigenvalue weighted by atomic mass is 79.9. The molecule has 0 aliphatic carbocycles. The minimum Gasteiger partial charge on any atom is -0.355 e. The highest BCUT2D eigenvalue weighted by molar-refractivity contribution is 9.10. The number of nitrogens with zero attached hydrogens (tertiary/aromatic N) is 2. The molecule has 6 heteroatoms. The molecule has 0 saturated carbocycles. The van der Waals surface area contributed by atoms with Crippen LogP contribution in [-0.4, -0.2) is 9.97 Å². The number of anilines is 2. The van der Waals surface area contributed by atoms with Gasteiger partial charge in [0.05, 0.1) is 28.0 Å². The molecule has 0 amide bonds. The molecule has 2 aromatic carbocycles. The molecule has 0 fully saturated rings. The topological polar surface area (TPSA) is 37.8 Å². The van der Waals surface area contributed by atoms with Crippen LogP contribution in [-0.2, 0) is 0 Å². The van der Waals surface area contributed by atoms with E-state index >= 15 is 0 Å². The van der Waals surface area contributed by atoms with Crippen molar-refractivity contribution in [1.29, 1.82) is 0 Å². The smallest absolute Gasteiger partial charge is 0.137 e. The maximum absolute atomic E-state index is 14.7. The van der Waals surface area contributed by atoms with Crippen LogP contribution < -0.4 is 5.32 Å². The van der Waals surface area contributed by atoms with Crippen LogP contribution >= 0.6 is 15.9 Å². The van der Waals surface area contributed by atoms with Crippen LogP contribution in [0.25, 0.3) is 22.3 Å². The Kier molecular flexibility index (Phi) is 4.58. The van der Waals surface area contributed by atoms with E-state index in [0.717, 1.165) is 21.8 Å². The molecular formula is C21H14BrF2N3. The lowest BCUT2D eigenvalue weighted by atomic mass is 10.0. The summed E-state index contributed by atoms with van der Waals surface area (Å²) in [6.07, 6.45) is 1.66. The summed E-state index contributed by atoms with van der Waals surface area (Å²) in [7, 11) is 0. The first kappa shape index (κ1) is 17.5. The van der Waals surface area contributed by atoms with E-state index in [1.807, 2.05) is 43.3 Å². The SMILES string of the molecule is Cc1c(-c2ccccn2)nc2cc(F)cc(F)c2c1Nc1cccc(Br)c1. The lowest BCUT2D eigenvalue weighted by Gasteiger charge is -2.17. The van der Waals surface area contributed by atoms with E-state index in [0.29, 0.717) is 17.1 Å². The maximum Gasteiger partial charge on any atom is 0.137 e. The molecule has 0 atom stereocenters. The van der Waals surface area contributed by atoms with E-state index in [1.165, 1.54) is 6.07 Å². The average Bonchev–Trinajstić information content (AvgIpc) is 2.64. The second-order valence-electron chi connectivity index (χ2n) is 6.09. The Labute approximate surface area is 163 Å². The minimum atomic E-state index is -0.670. The van der Waals surface area contributed by atoms with Crippen LogP contribution in [0.5, 0.6) is 0 Å². The second kappa shape index (κ2) is 7.04. The lowest BCUT2D eigenvalue weighted by molar-refractivity contribution is 0.591. The van der Waals surface area contributed by atoms with Gasteiger partial charge in [0, 0.05) is 34.1 Å². The van der Waals surface area contributed by atoms with Gasteiger partial charge in [-0.2, -0.15) is 0 Å². The van der Waals surface area contributed by atoms with Crippen LogP contribution in [0.1, 0.15) is 5.56 Å². The molecule has 0 saturated heterocycles. The zero-order valence-electron chi connectivity index (χ0n) is 14.3. The highest BCUT2D eigenvalue weighted by Gasteiger charge is 2.18. The molecule has 1 N–H and O–H groups in total. The third kappa shape index (κ3) is 3.40. The second-order valence-corrected chi connectivity index (χ2v) is 7.01. The summed E-state index contributed by atoms with van der Waals surface area (Å²) >= 11 is 3.43. The molecule has 0 aliphatic heterocycles. The number of halogens is 3. The van der Waals surface area contributed by atoms with Crippen molar-refractivity contribution in [2.24, 2.45) is 0 Å².